The number of aromatic hydroxyl groups is 1. The maximum absolute atomic E-state index is 11.7. The van der Waals surface area contributed by atoms with E-state index in [1.807, 2.05) is 19.9 Å². The molecule has 0 saturated heterocycles. The summed E-state index contributed by atoms with van der Waals surface area (Å²) in [7, 11) is 0. The van der Waals surface area contributed by atoms with Gasteiger partial charge in [-0.25, -0.2) is 4.79 Å². The summed E-state index contributed by atoms with van der Waals surface area (Å²) in [5.74, 6) is 0.757. The minimum Gasteiger partial charge on any atom is -0.508 e. The minimum absolute atomic E-state index is 0.155. The summed E-state index contributed by atoms with van der Waals surface area (Å²) in [6.45, 7) is 3.88. The Labute approximate surface area is 135 Å². The number of hydrogen-bond acceptors (Lipinski definition) is 7. The normalized spacial score (nSPS) is 11.2. The van der Waals surface area contributed by atoms with Crippen LogP contribution in [0.2, 0.25) is 0 Å². The summed E-state index contributed by atoms with van der Waals surface area (Å²) >= 11 is 3.06. The van der Waals surface area contributed by atoms with Gasteiger partial charge in [0.25, 0.3) is 0 Å². The third-order valence-corrected chi connectivity index (χ3v) is 5.29. The van der Waals surface area contributed by atoms with E-state index < -0.39 is 5.63 Å². The summed E-state index contributed by atoms with van der Waals surface area (Å²) in [4.78, 5) is 11.7. The topological polar surface area (TPSA) is 76.2 Å². The van der Waals surface area contributed by atoms with Gasteiger partial charge in [0.15, 0.2) is 4.34 Å². The van der Waals surface area contributed by atoms with E-state index in [0.717, 1.165) is 25.9 Å². The first-order valence-electron chi connectivity index (χ1n) is 6.78. The third-order valence-electron chi connectivity index (χ3n) is 3.27. The maximum atomic E-state index is 11.7. The van der Waals surface area contributed by atoms with Gasteiger partial charge in [0.2, 0.25) is 0 Å². The van der Waals surface area contributed by atoms with Crippen LogP contribution in [0.1, 0.15) is 23.1 Å². The average Bonchev–Trinajstić information content (AvgIpc) is 2.89. The average molecular weight is 334 g/mol. The van der Waals surface area contributed by atoms with Gasteiger partial charge in [0.1, 0.15) is 16.3 Å². The van der Waals surface area contributed by atoms with E-state index in [4.69, 9.17) is 4.42 Å². The van der Waals surface area contributed by atoms with Crippen molar-refractivity contribution in [3.63, 3.8) is 0 Å². The van der Waals surface area contributed by atoms with E-state index in [2.05, 4.69) is 10.2 Å². The highest BCUT2D eigenvalue weighted by molar-refractivity contribution is 8.00. The van der Waals surface area contributed by atoms with Gasteiger partial charge >= 0.3 is 5.63 Å². The molecule has 2 heterocycles. The number of fused-ring (bicyclic) bond motifs is 1. The molecule has 0 aliphatic carbocycles. The first kappa shape index (κ1) is 15.1. The minimum atomic E-state index is -0.416. The molecule has 0 spiro atoms. The zero-order valence-electron chi connectivity index (χ0n) is 12.1. The van der Waals surface area contributed by atoms with Crippen molar-refractivity contribution in [2.45, 2.75) is 30.4 Å². The second-order valence-corrected chi connectivity index (χ2v) is 7.20. The highest BCUT2D eigenvalue weighted by Gasteiger charge is 2.11. The van der Waals surface area contributed by atoms with E-state index in [9.17, 15) is 9.90 Å². The lowest BCUT2D eigenvalue weighted by Gasteiger charge is -2.07. The van der Waals surface area contributed by atoms with Crippen LogP contribution in [0.3, 0.4) is 0 Å². The number of phenols is 1. The Kier molecular flexibility index (Phi) is 4.17. The molecule has 0 bridgehead atoms. The predicted octanol–water partition coefficient (Wildman–Crippen LogP) is 3.51. The Hall–Kier alpha value is -1.86. The van der Waals surface area contributed by atoms with Gasteiger partial charge in [-0.3, -0.25) is 0 Å². The molecule has 114 valence electrons. The fourth-order valence-corrected chi connectivity index (χ4v) is 3.99. The second-order valence-electron chi connectivity index (χ2n) is 4.80. The van der Waals surface area contributed by atoms with Crippen molar-refractivity contribution in [1.29, 1.82) is 0 Å². The standard InChI is InChI=1S/C15H14N2O3S2/c1-3-9-4-11-10(7-21-15-17-16-8(2)22-15)5-14(19)20-13(11)6-12(9)18/h4-6,18H,3,7H2,1-2H3. The van der Waals surface area contributed by atoms with Crippen LogP contribution >= 0.6 is 23.1 Å². The van der Waals surface area contributed by atoms with Gasteiger partial charge < -0.3 is 9.52 Å². The molecule has 1 aromatic carbocycles. The Balaban J connectivity index is 2.01. The summed E-state index contributed by atoms with van der Waals surface area (Å²) in [5.41, 5.74) is 1.70. The van der Waals surface area contributed by atoms with Gasteiger partial charge in [-0.1, -0.05) is 30.0 Å². The van der Waals surface area contributed by atoms with E-state index in [-0.39, 0.29) is 5.75 Å². The Morgan fingerprint density at radius 3 is 2.77 bits per heavy atom. The summed E-state index contributed by atoms with van der Waals surface area (Å²) in [5, 5.41) is 19.7. The molecule has 0 amide bonds. The van der Waals surface area contributed by atoms with Gasteiger partial charge in [-0.05, 0) is 30.5 Å². The summed E-state index contributed by atoms with van der Waals surface area (Å²) in [6, 6.07) is 4.90. The molecule has 0 fully saturated rings. The van der Waals surface area contributed by atoms with E-state index in [1.54, 1.807) is 0 Å². The van der Waals surface area contributed by atoms with Crippen molar-refractivity contribution in [3.8, 4) is 5.75 Å². The molecule has 5 nitrogen and oxygen atoms in total. The molecule has 7 heteroatoms. The number of aromatic nitrogens is 2. The number of nitrogens with zero attached hydrogens (tertiary/aromatic N) is 2. The Morgan fingerprint density at radius 2 is 2.09 bits per heavy atom. The van der Waals surface area contributed by atoms with E-state index in [0.29, 0.717) is 17.8 Å². The number of rotatable bonds is 4. The SMILES string of the molecule is CCc1cc2c(CSc3nnc(C)s3)cc(=O)oc2cc1O. The van der Waals surface area contributed by atoms with Crippen molar-refractivity contribution in [2.24, 2.45) is 0 Å². The highest BCUT2D eigenvalue weighted by atomic mass is 32.2. The molecular formula is C15H14N2O3S2. The third kappa shape index (κ3) is 3.00. The van der Waals surface area contributed by atoms with Crippen LogP contribution in [0.25, 0.3) is 11.0 Å². The number of aryl methyl sites for hydroxylation is 2. The number of benzene rings is 1. The molecule has 0 saturated carbocycles. The van der Waals surface area contributed by atoms with E-state index >= 15 is 0 Å². The first-order valence-corrected chi connectivity index (χ1v) is 8.58. The quantitative estimate of drug-likeness (QED) is 0.581. The Bertz CT molecular complexity index is 886. The van der Waals surface area contributed by atoms with Crippen molar-refractivity contribution in [1.82, 2.24) is 10.2 Å². The molecule has 1 N–H and O–H groups in total. The summed E-state index contributed by atoms with van der Waals surface area (Å²) in [6.07, 6.45) is 0.711. The first-order chi connectivity index (χ1) is 10.6. The van der Waals surface area contributed by atoms with Crippen molar-refractivity contribution < 1.29 is 9.52 Å². The molecule has 22 heavy (non-hydrogen) atoms. The lowest BCUT2D eigenvalue weighted by molar-refractivity contribution is 0.466. The Morgan fingerprint density at radius 1 is 1.27 bits per heavy atom. The largest absolute Gasteiger partial charge is 0.508 e. The lowest BCUT2D eigenvalue weighted by atomic mass is 10.1. The number of thioether (sulfide) groups is 1. The fraction of sp³-hybridized carbons (Fsp3) is 0.267. The maximum Gasteiger partial charge on any atom is 0.336 e. The van der Waals surface area contributed by atoms with Crippen LogP contribution in [0.5, 0.6) is 5.75 Å². The van der Waals surface area contributed by atoms with Crippen LogP contribution < -0.4 is 5.63 Å². The van der Waals surface area contributed by atoms with Crippen LogP contribution in [0.4, 0.5) is 0 Å². The van der Waals surface area contributed by atoms with Gasteiger partial charge in [-0.15, -0.1) is 10.2 Å². The zero-order valence-corrected chi connectivity index (χ0v) is 13.8. The lowest BCUT2D eigenvalue weighted by Crippen LogP contribution is -2.00. The zero-order chi connectivity index (χ0) is 15.7. The number of phenolic OH excluding ortho intramolecular Hbond substituents is 1. The van der Waals surface area contributed by atoms with Crippen LogP contribution in [0.15, 0.2) is 31.8 Å². The van der Waals surface area contributed by atoms with Gasteiger partial charge in [0, 0.05) is 23.3 Å². The van der Waals surface area contributed by atoms with Gasteiger partial charge in [-0.2, -0.15) is 0 Å². The molecule has 0 aliphatic rings. The predicted molar refractivity (Wildman–Crippen MR) is 87.7 cm³/mol. The van der Waals surface area contributed by atoms with Crippen molar-refractivity contribution in [3.05, 3.63) is 44.8 Å². The van der Waals surface area contributed by atoms with Gasteiger partial charge in [0.05, 0.1) is 0 Å². The molecule has 2 aromatic heterocycles. The van der Waals surface area contributed by atoms with Crippen molar-refractivity contribution >= 4 is 34.1 Å². The van der Waals surface area contributed by atoms with Crippen LogP contribution in [-0.2, 0) is 12.2 Å². The smallest absolute Gasteiger partial charge is 0.336 e. The molecular weight excluding hydrogens is 320 g/mol. The highest BCUT2D eigenvalue weighted by Crippen LogP contribution is 2.31. The molecule has 0 unspecified atom stereocenters. The second kappa shape index (κ2) is 6.10. The molecule has 0 aliphatic heterocycles. The molecule has 3 aromatic rings. The van der Waals surface area contributed by atoms with Crippen LogP contribution in [0, 0.1) is 6.92 Å². The van der Waals surface area contributed by atoms with Crippen LogP contribution in [-0.4, -0.2) is 15.3 Å². The number of hydrogen-bond donors (Lipinski definition) is 1. The monoisotopic (exact) mass is 334 g/mol. The fourth-order valence-electron chi connectivity index (χ4n) is 2.19. The summed E-state index contributed by atoms with van der Waals surface area (Å²) < 4.78 is 6.06. The molecule has 0 atom stereocenters. The van der Waals surface area contributed by atoms with E-state index in [1.165, 1.54) is 35.2 Å². The van der Waals surface area contributed by atoms with Crippen molar-refractivity contribution in [2.75, 3.05) is 0 Å². The molecule has 3 rings (SSSR count). The molecule has 0 radical (unpaired) electrons.